The second kappa shape index (κ2) is 45.8. The largest absolute Gasteiger partial charge is 0.494 e. The molecular formula is C110H115F2N31O4S. The van der Waals surface area contributed by atoms with E-state index >= 15 is 0 Å². The van der Waals surface area contributed by atoms with Gasteiger partial charge in [0.05, 0.1) is 79.7 Å². The zero-order valence-corrected chi connectivity index (χ0v) is 83.2. The van der Waals surface area contributed by atoms with Crippen LogP contribution in [0.15, 0.2) is 293 Å². The van der Waals surface area contributed by atoms with E-state index in [9.17, 15) is 23.2 Å². The van der Waals surface area contributed by atoms with Crippen LogP contribution in [0.5, 0.6) is 5.75 Å². The zero-order chi connectivity index (χ0) is 101. The number of aryl methyl sites for hydroxylation is 1. The van der Waals surface area contributed by atoms with Crippen LogP contribution in [0.4, 0.5) is 37.6 Å². The molecule has 148 heavy (non-hydrogen) atoms. The standard InChI is InChI=1S/C25H27N5O.C24H30N4S.C22H23N7O.C20H18FN7O.C19H17FN8O/c1-31-23-11-10-20-7-5-13-26-24(20)25(23)29-15-6-14-28(17-18-29)19-21-12-16-30(27-21)22-8-3-2-4-9-22;1-2-7-20(8-3-1)24-26-21(18-29-24)17-27-13-6-14-28(16-15-27)22-11-4-9-19-10-5-12-25-23(19)22;1-2-16-13-27-11-6-9-19(27)21(24-16)28-12-10-17(14-28)25-22(30)20-23-15-29(26-20)18-7-4-3-5-8-18;21-14-3-5-16(6-4-14)28-13-23-18(25-28)20(29)24-15-7-10-27(12-15)19-17-2-1-9-26(17)11-8-22-19;20-13-1-3-15(4-2-13)28-12-23-16(25-28)19(29)24-14-5-8-27(11-14)18-17-21-6-9-26(17)10-7-22-18/h2-5,7-13,16H,6,14-15,17-19H2,1H3;4-5,9-12,18,20H,1-3,6-8,13-17H2;3-9,11,13,15,17H,2,10,12,14H2,1H3,(H,25,30);1-6,8-9,11,13,15H,7,10,12H2,(H,24,29);1-4,6-7,9-10,12,14H,5,8,11H2,(H,24,29)/t;;17-;15-;14-/m..000/s1. The lowest BCUT2D eigenvalue weighted by Crippen LogP contribution is -2.37. The summed E-state index contributed by atoms with van der Waals surface area (Å²) >= 11 is 1.89. The summed E-state index contributed by atoms with van der Waals surface area (Å²) in [5, 5.41) is 32.6. The molecule has 0 unspecified atom stereocenters. The van der Waals surface area contributed by atoms with Crippen LogP contribution in [0, 0.1) is 11.6 Å². The van der Waals surface area contributed by atoms with Gasteiger partial charge in [0, 0.05) is 219 Å². The zero-order valence-electron chi connectivity index (χ0n) is 82.4. The summed E-state index contributed by atoms with van der Waals surface area (Å²) in [7, 11) is 1.74. The number of rotatable bonds is 22. The topological polar surface area (TPSA) is 333 Å². The van der Waals surface area contributed by atoms with Crippen molar-refractivity contribution in [3.63, 3.8) is 0 Å². The predicted octanol–water partition coefficient (Wildman–Crippen LogP) is 15.6. The molecule has 35 nitrogen and oxygen atoms in total. The second-order valence-corrected chi connectivity index (χ2v) is 38.5. The van der Waals surface area contributed by atoms with E-state index in [1.165, 1.54) is 107 Å². The van der Waals surface area contributed by atoms with Crippen molar-refractivity contribution in [1.82, 2.24) is 128 Å². The molecule has 1 aliphatic carbocycles. The minimum Gasteiger partial charge on any atom is -0.494 e. The minimum atomic E-state index is -0.343. The molecule has 25 rings (SSSR count). The Morgan fingerprint density at radius 1 is 0.385 bits per heavy atom. The van der Waals surface area contributed by atoms with Crippen molar-refractivity contribution in [3.05, 3.63) is 344 Å². The smallest absolute Gasteiger partial charge is 0.291 e. The van der Waals surface area contributed by atoms with Crippen LogP contribution in [0.3, 0.4) is 0 Å². The number of nitrogens with one attached hydrogen (secondary N) is 3. The lowest BCUT2D eigenvalue weighted by atomic mass is 9.90. The molecule has 6 fully saturated rings. The van der Waals surface area contributed by atoms with E-state index in [1.54, 1.807) is 61.0 Å². The number of para-hydroxylation sites is 3. The van der Waals surface area contributed by atoms with Gasteiger partial charge >= 0.3 is 0 Å². The van der Waals surface area contributed by atoms with Gasteiger partial charge in [-0.15, -0.1) is 26.6 Å². The number of carbonyl (C=O) groups excluding carboxylic acids is 3. The van der Waals surface area contributed by atoms with Gasteiger partial charge in [0.15, 0.2) is 23.1 Å². The Balaban J connectivity index is 0.000000108. The Morgan fingerprint density at radius 2 is 0.899 bits per heavy atom. The van der Waals surface area contributed by atoms with Gasteiger partial charge in [0.25, 0.3) is 17.7 Å². The molecule has 6 aromatic carbocycles. The van der Waals surface area contributed by atoms with Crippen LogP contribution in [0.1, 0.15) is 131 Å². The average Bonchev–Trinajstić information content (AvgIpc) is 1.55. The number of benzene rings is 6. The second-order valence-electron chi connectivity index (χ2n) is 37.6. The number of methoxy groups -OCH3 is 1. The van der Waals surface area contributed by atoms with Gasteiger partial charge in [0.2, 0.25) is 17.5 Å². The number of carbonyl (C=O) groups is 3. The molecule has 5 saturated heterocycles. The molecule has 754 valence electrons. The van der Waals surface area contributed by atoms with Crippen LogP contribution < -0.4 is 45.2 Å². The summed E-state index contributed by atoms with van der Waals surface area (Å²) in [5.74, 6) is 3.04. The van der Waals surface area contributed by atoms with Gasteiger partial charge in [-0.25, -0.2) is 67.4 Å². The number of aromatic nitrogens is 21. The number of hydrogen-bond donors (Lipinski definition) is 3. The van der Waals surface area contributed by atoms with Crippen molar-refractivity contribution in [2.45, 2.75) is 115 Å². The summed E-state index contributed by atoms with van der Waals surface area (Å²) in [6, 6.07) is 60.7. The monoisotopic (exact) mass is 2000 g/mol. The number of hydrogen-bond acceptors (Lipinski definition) is 26. The summed E-state index contributed by atoms with van der Waals surface area (Å²) in [4.78, 5) is 99.2. The van der Waals surface area contributed by atoms with Crippen molar-refractivity contribution in [2.75, 3.05) is 123 Å². The van der Waals surface area contributed by atoms with Gasteiger partial charge in [-0.05, 0) is 185 Å². The fraction of sp³-hybridized carbons (Fsp3) is 0.300. The minimum absolute atomic E-state index is 0.0164. The van der Waals surface area contributed by atoms with Crippen molar-refractivity contribution < 1.29 is 27.9 Å². The first kappa shape index (κ1) is 97.5. The van der Waals surface area contributed by atoms with Crippen molar-refractivity contribution >= 4 is 96.4 Å². The fourth-order valence-corrected chi connectivity index (χ4v) is 21.1. The first-order valence-electron chi connectivity index (χ1n) is 50.6. The Bertz CT molecular complexity index is 7520. The third kappa shape index (κ3) is 23.0. The normalized spacial score (nSPS) is 16.8. The maximum atomic E-state index is 13.1. The first-order chi connectivity index (χ1) is 72.7. The number of halogens is 2. The van der Waals surface area contributed by atoms with E-state index in [1.807, 2.05) is 153 Å². The molecule has 6 aliphatic rings. The van der Waals surface area contributed by atoms with E-state index in [-0.39, 0.29) is 65.0 Å². The van der Waals surface area contributed by atoms with Gasteiger partial charge in [-0.2, -0.15) is 5.10 Å². The summed E-state index contributed by atoms with van der Waals surface area (Å²) in [6.07, 6.45) is 39.7. The van der Waals surface area contributed by atoms with Crippen LogP contribution >= 0.6 is 11.3 Å². The maximum Gasteiger partial charge on any atom is 0.291 e. The summed E-state index contributed by atoms with van der Waals surface area (Å²) in [6.45, 7) is 16.7. The molecule has 3 amide bonds. The van der Waals surface area contributed by atoms with E-state index in [2.05, 4.69) is 195 Å². The molecule has 19 aromatic rings. The SMILES string of the molecule is CCc1cn2cccc2c(N2CC[C@H](NC(=O)c3ncn(-c4ccccc4)n3)C2)n1.COc1ccc2cccnc2c1N1CCCN(Cc2ccn(-c3ccccc3)n2)CC1.O=C(N[C@H]1CCN(c2nccn3cccc23)C1)c1ncn(-c2ccc(F)cc2)n1.O=C(N[C@H]1CCN(c2nccn3ccnc23)C1)c1ncn(-c2ccc(F)cc2)n1.c1cnc2c(N3CCCN(Cc4csc(C5CCCCC5)n4)CC3)cccc2c1. The molecule has 38 heteroatoms. The van der Waals surface area contributed by atoms with Crippen LogP contribution in [0.2, 0.25) is 0 Å². The number of nitrogens with zero attached hydrogens (tertiary/aromatic N) is 28. The Kier molecular flexibility index (Phi) is 30.1. The third-order valence-corrected chi connectivity index (χ3v) is 28.8. The average molecular weight is 2010 g/mol. The molecular weight excluding hydrogens is 1890 g/mol. The highest BCUT2D eigenvalue weighted by molar-refractivity contribution is 7.09. The Hall–Kier alpha value is -16.6. The number of pyridine rings is 2. The van der Waals surface area contributed by atoms with Crippen LogP contribution in [0.25, 0.3) is 61.2 Å². The molecule has 18 heterocycles. The number of imidazole rings is 1. The molecule has 3 N–H and O–H groups in total. The number of ether oxygens (including phenoxy) is 1. The van der Waals surface area contributed by atoms with E-state index in [0.717, 1.165) is 208 Å². The molecule has 0 spiro atoms. The van der Waals surface area contributed by atoms with E-state index < -0.39 is 0 Å². The van der Waals surface area contributed by atoms with E-state index in [4.69, 9.17) is 19.8 Å². The molecule has 0 radical (unpaired) electrons. The van der Waals surface area contributed by atoms with Crippen molar-refractivity contribution in [3.8, 4) is 28.5 Å². The maximum absolute atomic E-state index is 13.1. The fourth-order valence-electron chi connectivity index (χ4n) is 20.2. The highest BCUT2D eigenvalue weighted by Crippen LogP contribution is 2.39. The van der Waals surface area contributed by atoms with Crippen LogP contribution in [-0.4, -0.2) is 247 Å². The lowest BCUT2D eigenvalue weighted by Gasteiger charge is -2.26. The van der Waals surface area contributed by atoms with Crippen molar-refractivity contribution in [1.29, 1.82) is 0 Å². The van der Waals surface area contributed by atoms with Gasteiger partial charge in [-0.3, -0.25) is 34.2 Å². The molecule has 13 aromatic heterocycles. The van der Waals surface area contributed by atoms with Gasteiger partial charge in [-0.1, -0.05) is 86.8 Å². The van der Waals surface area contributed by atoms with Crippen LogP contribution in [-0.2, 0) is 19.5 Å². The summed E-state index contributed by atoms with van der Waals surface area (Å²) in [5.41, 5.74) is 14.1. The Morgan fingerprint density at radius 3 is 1.50 bits per heavy atom. The molecule has 3 atom stereocenters. The van der Waals surface area contributed by atoms with E-state index in [0.29, 0.717) is 31.0 Å². The Labute approximate surface area is 857 Å². The predicted molar refractivity (Wildman–Crippen MR) is 567 cm³/mol. The molecule has 5 aliphatic heterocycles. The molecule has 0 bridgehead atoms. The quantitative estimate of drug-likeness (QED) is 0.0567. The van der Waals surface area contributed by atoms with Crippen molar-refractivity contribution in [2.24, 2.45) is 0 Å². The number of fused-ring (bicyclic) bond motifs is 5. The first-order valence-corrected chi connectivity index (χ1v) is 51.5. The van der Waals surface area contributed by atoms with Gasteiger partial charge < -0.3 is 58.4 Å². The third-order valence-electron chi connectivity index (χ3n) is 27.7. The molecule has 1 saturated carbocycles. The number of anilines is 5. The number of thiazole rings is 1. The summed E-state index contributed by atoms with van der Waals surface area (Å²) < 4.78 is 44.4. The lowest BCUT2D eigenvalue weighted by molar-refractivity contribution is 0.0921. The highest BCUT2D eigenvalue weighted by atomic mass is 32.1. The highest BCUT2D eigenvalue weighted by Gasteiger charge is 2.34. The van der Waals surface area contributed by atoms with Gasteiger partial charge in [0.1, 0.15) is 42.1 Å². The number of amides is 3.